The van der Waals surface area contributed by atoms with Crippen LogP contribution in [0.4, 0.5) is 0 Å². The maximum Gasteiger partial charge on any atom is 0.204 e. The highest BCUT2D eigenvalue weighted by Crippen LogP contribution is 2.43. The molecule has 0 spiro atoms. The maximum absolute atomic E-state index is 13.1. The van der Waals surface area contributed by atoms with Crippen molar-refractivity contribution < 1.29 is 44.9 Å². The second-order valence-electron chi connectivity index (χ2n) is 7.31. The van der Waals surface area contributed by atoms with Crippen molar-refractivity contribution in [1.82, 2.24) is 0 Å². The van der Waals surface area contributed by atoms with Crippen LogP contribution in [0.15, 0.2) is 45.8 Å². The van der Waals surface area contributed by atoms with Crippen LogP contribution in [-0.4, -0.2) is 66.8 Å². The van der Waals surface area contributed by atoms with Crippen LogP contribution in [0.1, 0.15) is 11.7 Å². The van der Waals surface area contributed by atoms with Crippen molar-refractivity contribution in [1.29, 1.82) is 0 Å². The molecule has 1 saturated heterocycles. The molecule has 0 saturated carbocycles. The Labute approximate surface area is 174 Å². The molecule has 3 aromatic rings. The van der Waals surface area contributed by atoms with E-state index in [2.05, 4.69) is 0 Å². The molecule has 1 aliphatic heterocycles. The van der Waals surface area contributed by atoms with Crippen molar-refractivity contribution in [3.05, 3.63) is 52.4 Å². The molecule has 2 heterocycles. The highest BCUT2D eigenvalue weighted by molar-refractivity contribution is 5.91. The fraction of sp³-hybridized carbons (Fsp3) is 0.286. The summed E-state index contributed by atoms with van der Waals surface area (Å²) in [5.41, 5.74) is -0.729. The zero-order chi connectivity index (χ0) is 22.4. The summed E-state index contributed by atoms with van der Waals surface area (Å²) in [5.74, 6) is -1.18. The molecule has 10 heteroatoms. The Morgan fingerprint density at radius 2 is 1.58 bits per heavy atom. The van der Waals surface area contributed by atoms with Gasteiger partial charge in [-0.25, -0.2) is 0 Å². The molecule has 31 heavy (non-hydrogen) atoms. The first-order valence-corrected chi connectivity index (χ1v) is 9.34. The number of phenols is 3. The Hall–Kier alpha value is -3.15. The molecule has 0 radical (unpaired) electrons. The van der Waals surface area contributed by atoms with Gasteiger partial charge >= 0.3 is 0 Å². The summed E-state index contributed by atoms with van der Waals surface area (Å²) >= 11 is 0. The highest BCUT2D eigenvalue weighted by Gasteiger charge is 2.46. The number of benzene rings is 2. The summed E-state index contributed by atoms with van der Waals surface area (Å²) in [4.78, 5) is 13.1. The van der Waals surface area contributed by atoms with Crippen molar-refractivity contribution >= 4 is 11.0 Å². The lowest BCUT2D eigenvalue weighted by atomic mass is 9.89. The van der Waals surface area contributed by atoms with Gasteiger partial charge < -0.3 is 44.9 Å². The van der Waals surface area contributed by atoms with Crippen molar-refractivity contribution in [3.63, 3.8) is 0 Å². The van der Waals surface area contributed by atoms with Gasteiger partial charge in [0, 0.05) is 6.07 Å². The lowest BCUT2D eigenvalue weighted by Gasteiger charge is -2.40. The average molecular weight is 432 g/mol. The number of fused-ring (bicyclic) bond motifs is 1. The topological polar surface area (TPSA) is 181 Å². The van der Waals surface area contributed by atoms with Crippen LogP contribution < -0.4 is 5.43 Å². The fourth-order valence-corrected chi connectivity index (χ4v) is 3.75. The average Bonchev–Trinajstić information content (AvgIpc) is 2.74. The predicted octanol–water partition coefficient (Wildman–Crippen LogP) is 0.0917. The molecular weight excluding hydrogens is 412 g/mol. The van der Waals surface area contributed by atoms with Gasteiger partial charge in [0.15, 0.2) is 5.58 Å². The second kappa shape index (κ2) is 7.84. The lowest BCUT2D eigenvalue weighted by molar-refractivity contribution is -0.231. The first-order valence-electron chi connectivity index (χ1n) is 9.34. The van der Waals surface area contributed by atoms with E-state index in [1.54, 1.807) is 0 Å². The van der Waals surface area contributed by atoms with Crippen LogP contribution in [0.2, 0.25) is 0 Å². The second-order valence-corrected chi connectivity index (χ2v) is 7.31. The molecule has 1 fully saturated rings. The number of ether oxygens (including phenoxy) is 1. The summed E-state index contributed by atoms with van der Waals surface area (Å²) in [6, 6.07) is 6.56. The first-order chi connectivity index (χ1) is 14.7. The number of aliphatic hydroxyl groups is 4. The zero-order valence-electron chi connectivity index (χ0n) is 15.9. The van der Waals surface area contributed by atoms with E-state index < -0.39 is 54.1 Å². The standard InChI is InChI=1S/C21H20O10/c22-6-13-17(27)18(28)19(29)21(31-13)15-12(25)5-11(24)14-16(26)10(7-30-20(14)15)8-1-3-9(23)4-2-8/h1-5,7,13,17-19,21-25,27-29H,6H2/t13-,17+,18+,19-,21-/m0/s1. The van der Waals surface area contributed by atoms with Gasteiger partial charge in [-0.15, -0.1) is 0 Å². The number of hydrogen-bond acceptors (Lipinski definition) is 10. The number of aromatic hydroxyl groups is 3. The van der Waals surface area contributed by atoms with E-state index in [9.17, 15) is 40.5 Å². The molecule has 0 amide bonds. The molecule has 2 aromatic carbocycles. The van der Waals surface area contributed by atoms with Gasteiger partial charge in [0.2, 0.25) is 5.43 Å². The highest BCUT2D eigenvalue weighted by atomic mass is 16.5. The molecule has 164 valence electrons. The summed E-state index contributed by atoms with van der Waals surface area (Å²) in [5, 5.41) is 69.8. The Kier molecular flexibility index (Phi) is 5.33. The molecule has 0 aliphatic carbocycles. The molecule has 7 N–H and O–H groups in total. The third kappa shape index (κ3) is 3.40. The third-order valence-corrected chi connectivity index (χ3v) is 5.40. The fourth-order valence-electron chi connectivity index (χ4n) is 3.75. The summed E-state index contributed by atoms with van der Waals surface area (Å²) in [6.07, 6.45) is -6.73. The quantitative estimate of drug-likeness (QED) is 0.300. The molecule has 4 rings (SSSR count). The largest absolute Gasteiger partial charge is 0.508 e. The minimum absolute atomic E-state index is 0.00778. The Balaban J connectivity index is 1.92. The lowest BCUT2D eigenvalue weighted by Crippen LogP contribution is -2.55. The monoisotopic (exact) mass is 432 g/mol. The van der Waals surface area contributed by atoms with Gasteiger partial charge in [0.1, 0.15) is 59.4 Å². The maximum atomic E-state index is 13.1. The third-order valence-electron chi connectivity index (χ3n) is 5.40. The Bertz CT molecular complexity index is 1170. The predicted molar refractivity (Wildman–Crippen MR) is 106 cm³/mol. The van der Waals surface area contributed by atoms with E-state index >= 15 is 0 Å². The van der Waals surface area contributed by atoms with Crippen molar-refractivity contribution in [2.45, 2.75) is 30.5 Å². The minimum Gasteiger partial charge on any atom is -0.508 e. The van der Waals surface area contributed by atoms with E-state index in [0.29, 0.717) is 5.56 Å². The van der Waals surface area contributed by atoms with Crippen molar-refractivity contribution in [2.24, 2.45) is 0 Å². The van der Waals surface area contributed by atoms with E-state index in [-0.39, 0.29) is 27.8 Å². The smallest absolute Gasteiger partial charge is 0.204 e. The van der Waals surface area contributed by atoms with Gasteiger partial charge in [-0.05, 0) is 17.7 Å². The van der Waals surface area contributed by atoms with Crippen LogP contribution in [0.5, 0.6) is 17.2 Å². The van der Waals surface area contributed by atoms with Crippen molar-refractivity contribution in [2.75, 3.05) is 6.61 Å². The van der Waals surface area contributed by atoms with E-state index in [1.807, 2.05) is 0 Å². The number of aliphatic hydroxyl groups excluding tert-OH is 4. The van der Waals surface area contributed by atoms with Crippen LogP contribution in [0.3, 0.4) is 0 Å². The van der Waals surface area contributed by atoms with Crippen LogP contribution >= 0.6 is 0 Å². The van der Waals surface area contributed by atoms with Crippen LogP contribution in [0, 0.1) is 0 Å². The molecule has 10 nitrogen and oxygen atoms in total. The molecule has 0 bridgehead atoms. The summed E-state index contributed by atoms with van der Waals surface area (Å²) in [6.45, 7) is -0.687. The van der Waals surface area contributed by atoms with Gasteiger partial charge in [0.25, 0.3) is 0 Å². The minimum atomic E-state index is -1.74. The van der Waals surface area contributed by atoms with Crippen LogP contribution in [-0.2, 0) is 4.74 Å². The molecule has 1 aliphatic rings. The number of hydrogen-bond donors (Lipinski definition) is 7. The van der Waals surface area contributed by atoms with Gasteiger partial charge in [-0.3, -0.25) is 4.79 Å². The molecular formula is C21H20O10. The van der Waals surface area contributed by atoms with Crippen LogP contribution in [0.25, 0.3) is 22.1 Å². The normalized spacial score (nSPS) is 26.3. The molecule has 5 atom stereocenters. The molecule has 1 aromatic heterocycles. The van der Waals surface area contributed by atoms with Gasteiger partial charge in [0.05, 0.1) is 17.7 Å². The Morgan fingerprint density at radius 1 is 0.903 bits per heavy atom. The number of phenolic OH excluding ortho intramolecular Hbond substituents is 3. The van der Waals surface area contributed by atoms with Gasteiger partial charge in [-0.1, -0.05) is 12.1 Å². The first kappa shape index (κ1) is 21.1. The SMILES string of the molecule is O=c1c(-c2ccc(O)cc2)coc2c([C@@H]3O[C@@H](CO)[C@@H](O)[C@@H](O)[C@@H]3O)c(O)cc(O)c12. The van der Waals surface area contributed by atoms with E-state index in [4.69, 9.17) is 9.15 Å². The summed E-state index contributed by atoms with van der Waals surface area (Å²) < 4.78 is 11.0. The zero-order valence-corrected chi connectivity index (χ0v) is 15.9. The number of rotatable bonds is 3. The van der Waals surface area contributed by atoms with Crippen molar-refractivity contribution in [3.8, 4) is 28.4 Å². The Morgan fingerprint density at radius 3 is 2.23 bits per heavy atom. The molecule has 0 unspecified atom stereocenters. The van der Waals surface area contributed by atoms with Gasteiger partial charge in [-0.2, -0.15) is 0 Å². The van der Waals surface area contributed by atoms with E-state index in [1.165, 1.54) is 24.3 Å². The summed E-state index contributed by atoms with van der Waals surface area (Å²) in [7, 11) is 0. The van der Waals surface area contributed by atoms with E-state index in [0.717, 1.165) is 12.3 Å².